The van der Waals surface area contributed by atoms with Crippen molar-refractivity contribution in [2.24, 2.45) is 5.16 Å². The molecule has 4 heteroatoms. The molecule has 0 amide bonds. The Bertz CT molecular complexity index is 183. The van der Waals surface area contributed by atoms with Crippen molar-refractivity contribution in [2.75, 3.05) is 7.05 Å². The lowest BCUT2D eigenvalue weighted by atomic mass is 10.6. The van der Waals surface area contributed by atoms with Gasteiger partial charge in [0.1, 0.15) is 6.20 Å². The summed E-state index contributed by atoms with van der Waals surface area (Å²) in [4.78, 5) is 5.61. The molecule has 0 aromatic rings. The van der Waals surface area contributed by atoms with Crippen molar-refractivity contribution in [3.8, 4) is 0 Å². The summed E-state index contributed by atoms with van der Waals surface area (Å²) in [5.41, 5.74) is 0. The van der Waals surface area contributed by atoms with Crippen LogP contribution in [0.5, 0.6) is 0 Å². The Kier molecular flexibility index (Phi) is 1.48. The molecule has 0 atom stereocenters. The van der Waals surface area contributed by atoms with Gasteiger partial charge in [-0.1, -0.05) is 5.16 Å². The van der Waals surface area contributed by atoms with Crippen LogP contribution in [0.3, 0.4) is 0 Å². The number of hydrogen-bond donors (Lipinski definition) is 1. The van der Waals surface area contributed by atoms with Crippen LogP contribution in [-0.2, 0) is 0 Å². The molecular weight excluding hydrogens is 118 g/mol. The Morgan fingerprint density at radius 1 is 1.89 bits per heavy atom. The van der Waals surface area contributed by atoms with Crippen LogP contribution in [0.1, 0.15) is 0 Å². The van der Waals surface area contributed by atoms with Crippen molar-refractivity contribution >= 4 is 12.1 Å². The number of aliphatic imine (C=N–C) groups is 1. The van der Waals surface area contributed by atoms with Crippen LogP contribution in [0.15, 0.2) is 17.6 Å². The van der Waals surface area contributed by atoms with Crippen molar-refractivity contribution in [1.29, 1.82) is 0 Å². The van der Waals surface area contributed by atoms with Crippen LogP contribution in [-0.4, -0.2) is 29.2 Å². The Balaban J connectivity index is 2.64. The van der Waals surface area contributed by atoms with Crippen molar-refractivity contribution in [3.05, 3.63) is 12.4 Å². The molecule has 1 aliphatic heterocycles. The first-order valence-corrected chi connectivity index (χ1v) is 2.49. The van der Waals surface area contributed by atoms with Gasteiger partial charge < -0.3 is 5.21 Å². The third kappa shape index (κ3) is 1.07. The van der Waals surface area contributed by atoms with E-state index in [0.717, 1.165) is 0 Å². The zero-order chi connectivity index (χ0) is 6.69. The van der Waals surface area contributed by atoms with Crippen molar-refractivity contribution in [2.45, 2.75) is 0 Å². The van der Waals surface area contributed by atoms with Crippen LogP contribution in [0.2, 0.25) is 0 Å². The minimum atomic E-state index is 0.637. The molecule has 0 aliphatic carbocycles. The van der Waals surface area contributed by atoms with Crippen LogP contribution in [0.4, 0.5) is 0 Å². The summed E-state index contributed by atoms with van der Waals surface area (Å²) in [5.74, 6) is 0.637. The van der Waals surface area contributed by atoms with E-state index < -0.39 is 0 Å². The van der Waals surface area contributed by atoms with E-state index in [9.17, 15) is 0 Å². The summed E-state index contributed by atoms with van der Waals surface area (Å²) in [7, 11) is 1.82. The maximum Gasteiger partial charge on any atom is 0.344 e. The molecule has 0 unspecified atom stereocenters. The highest BCUT2D eigenvalue weighted by atomic mass is 16.4. The standard InChI is InChI=1S/C5H7N3O/c1-8-3-2-6-5(8)4-7-9/h2-4,9H,1H3/q+1. The first kappa shape index (κ1) is 5.81. The number of amidine groups is 1. The van der Waals surface area contributed by atoms with Gasteiger partial charge in [0.05, 0.1) is 7.05 Å². The fourth-order valence-electron chi connectivity index (χ4n) is 0.553. The van der Waals surface area contributed by atoms with Gasteiger partial charge in [-0.05, 0) is 4.99 Å². The van der Waals surface area contributed by atoms with E-state index in [1.54, 1.807) is 17.3 Å². The van der Waals surface area contributed by atoms with E-state index in [4.69, 9.17) is 5.21 Å². The maximum atomic E-state index is 8.08. The van der Waals surface area contributed by atoms with Gasteiger partial charge >= 0.3 is 5.84 Å². The highest BCUT2D eigenvalue weighted by Crippen LogP contribution is 1.89. The summed E-state index contributed by atoms with van der Waals surface area (Å²) in [6, 6.07) is 0. The number of rotatable bonds is 1. The average molecular weight is 125 g/mol. The number of nitrogens with zero attached hydrogens (tertiary/aromatic N) is 3. The second-order valence-electron chi connectivity index (χ2n) is 1.64. The molecule has 0 aromatic carbocycles. The predicted molar refractivity (Wildman–Crippen MR) is 34.3 cm³/mol. The molecule has 0 bridgehead atoms. The van der Waals surface area contributed by atoms with Gasteiger partial charge in [0.2, 0.25) is 0 Å². The van der Waals surface area contributed by atoms with E-state index in [2.05, 4.69) is 10.1 Å². The summed E-state index contributed by atoms with van der Waals surface area (Å²) in [6.45, 7) is 0. The minimum Gasteiger partial charge on any atom is -0.411 e. The summed E-state index contributed by atoms with van der Waals surface area (Å²) >= 11 is 0. The first-order chi connectivity index (χ1) is 4.34. The second kappa shape index (κ2) is 2.30. The molecule has 47 valence electrons. The molecule has 1 rings (SSSR count). The quantitative estimate of drug-likeness (QED) is 0.294. The lowest BCUT2D eigenvalue weighted by Crippen LogP contribution is -2.21. The zero-order valence-electron chi connectivity index (χ0n) is 5.02. The summed E-state index contributed by atoms with van der Waals surface area (Å²) in [5, 5.41) is 10.9. The highest BCUT2D eigenvalue weighted by Gasteiger charge is 2.15. The monoisotopic (exact) mass is 125 g/mol. The molecule has 0 spiro atoms. The minimum absolute atomic E-state index is 0.637. The summed E-state index contributed by atoms with van der Waals surface area (Å²) < 4.78 is 0. The van der Waals surface area contributed by atoms with Crippen LogP contribution in [0.25, 0.3) is 0 Å². The molecule has 0 fully saturated rings. The normalized spacial score (nSPS) is 17.4. The van der Waals surface area contributed by atoms with E-state index >= 15 is 0 Å². The van der Waals surface area contributed by atoms with E-state index in [1.807, 2.05) is 7.05 Å². The number of oxime groups is 1. The molecule has 1 N–H and O–H groups in total. The lowest BCUT2D eigenvalue weighted by Gasteiger charge is -1.93. The topological polar surface area (TPSA) is 49.9 Å². The van der Waals surface area contributed by atoms with Gasteiger partial charge in [-0.2, -0.15) is 0 Å². The lowest BCUT2D eigenvalue weighted by molar-refractivity contribution is 0.322. The molecule has 0 saturated carbocycles. The Morgan fingerprint density at radius 3 is 3.11 bits per heavy atom. The molecule has 1 heterocycles. The van der Waals surface area contributed by atoms with Crippen LogP contribution in [0, 0.1) is 0 Å². The zero-order valence-corrected chi connectivity index (χ0v) is 5.02. The van der Waals surface area contributed by atoms with Gasteiger partial charge in [-0.25, -0.2) is 4.90 Å². The molecule has 1 aliphatic rings. The van der Waals surface area contributed by atoms with Gasteiger partial charge in [-0.15, -0.1) is 0 Å². The molecular formula is C5H7N3O+. The maximum absolute atomic E-state index is 8.08. The fourth-order valence-corrected chi connectivity index (χ4v) is 0.553. The third-order valence-corrected chi connectivity index (χ3v) is 1.03. The van der Waals surface area contributed by atoms with Crippen molar-refractivity contribution < 1.29 is 5.21 Å². The molecule has 0 saturated heterocycles. The molecule has 9 heavy (non-hydrogen) atoms. The Labute approximate surface area is 52.8 Å². The average Bonchev–Trinajstić information content (AvgIpc) is 2.18. The fraction of sp³-hybridized carbons (Fsp3) is 0.200. The SMILES string of the molecule is CN1C=C[N+]=C1C=NO. The van der Waals surface area contributed by atoms with Gasteiger partial charge in [0.25, 0.3) is 0 Å². The third-order valence-electron chi connectivity index (χ3n) is 1.03. The van der Waals surface area contributed by atoms with Gasteiger partial charge in [-0.3, -0.25) is 0 Å². The van der Waals surface area contributed by atoms with Gasteiger partial charge in [0, 0.05) is 0 Å². The highest BCUT2D eigenvalue weighted by molar-refractivity contribution is 6.29. The molecule has 1 radical (unpaired) electrons. The molecule has 0 aromatic heterocycles. The Morgan fingerprint density at radius 2 is 2.67 bits per heavy atom. The van der Waals surface area contributed by atoms with Crippen LogP contribution >= 0.6 is 0 Å². The molecule has 4 nitrogen and oxygen atoms in total. The smallest absolute Gasteiger partial charge is 0.344 e. The first-order valence-electron chi connectivity index (χ1n) is 2.49. The largest absolute Gasteiger partial charge is 0.411 e. The summed E-state index contributed by atoms with van der Waals surface area (Å²) in [6.07, 6.45) is 4.69. The van der Waals surface area contributed by atoms with Crippen molar-refractivity contribution in [3.63, 3.8) is 0 Å². The predicted octanol–water partition coefficient (Wildman–Crippen LogP) is -0.403. The van der Waals surface area contributed by atoms with Gasteiger partial charge in [0.15, 0.2) is 12.4 Å². The second-order valence-corrected chi connectivity index (χ2v) is 1.64. The van der Waals surface area contributed by atoms with Crippen LogP contribution < -0.4 is 4.99 Å². The van der Waals surface area contributed by atoms with E-state index in [-0.39, 0.29) is 0 Å². The van der Waals surface area contributed by atoms with E-state index in [0.29, 0.717) is 5.84 Å². The van der Waals surface area contributed by atoms with E-state index in [1.165, 1.54) is 6.21 Å². The van der Waals surface area contributed by atoms with Crippen molar-refractivity contribution in [1.82, 2.24) is 9.89 Å². The Hall–Kier alpha value is -1.32. The number of hydrogen-bond acceptors (Lipinski definition) is 4.